The summed E-state index contributed by atoms with van der Waals surface area (Å²) in [7, 11) is 0. The van der Waals surface area contributed by atoms with Crippen LogP contribution >= 0.6 is 0 Å². The van der Waals surface area contributed by atoms with Crippen LogP contribution in [0.5, 0.6) is 0 Å². The summed E-state index contributed by atoms with van der Waals surface area (Å²) in [6.45, 7) is 2.89. The lowest BCUT2D eigenvalue weighted by Gasteiger charge is -2.37. The van der Waals surface area contributed by atoms with Crippen molar-refractivity contribution in [3.8, 4) is 5.69 Å². The highest BCUT2D eigenvalue weighted by Crippen LogP contribution is 2.22. The third-order valence-electron chi connectivity index (χ3n) is 4.77. The Morgan fingerprint density at radius 1 is 1.29 bits per heavy atom. The van der Waals surface area contributed by atoms with Crippen LogP contribution in [0.2, 0.25) is 0 Å². The summed E-state index contributed by atoms with van der Waals surface area (Å²) in [6, 6.07) is 10.1. The number of hydrogen-bond acceptors (Lipinski definition) is 4. The topological polar surface area (TPSA) is 71.2 Å². The second-order valence-electron chi connectivity index (χ2n) is 6.47. The summed E-state index contributed by atoms with van der Waals surface area (Å²) in [4.78, 5) is 14.5. The minimum atomic E-state index is 0.128. The minimum absolute atomic E-state index is 0.128. The first-order valence-corrected chi connectivity index (χ1v) is 8.53. The number of para-hydroxylation sites is 1. The number of piperidine rings is 1. The van der Waals surface area contributed by atoms with Gasteiger partial charge in [-0.1, -0.05) is 18.2 Å². The zero-order chi connectivity index (χ0) is 16.9. The molecule has 24 heavy (non-hydrogen) atoms. The van der Waals surface area contributed by atoms with Gasteiger partial charge in [0.25, 0.3) is 0 Å². The van der Waals surface area contributed by atoms with Gasteiger partial charge in [0.05, 0.1) is 0 Å². The standard InChI is InChI=1S/C18H24N4O2/c1-14-7-8-15(12-23)11-21(14)18(24)10-9-17-20-19-13-22(17)16-5-3-2-4-6-16/h2-6,13-15,23H,7-12H2,1H3. The molecular weight excluding hydrogens is 304 g/mol. The summed E-state index contributed by atoms with van der Waals surface area (Å²) in [5, 5.41) is 17.5. The van der Waals surface area contributed by atoms with Crippen molar-refractivity contribution in [3.05, 3.63) is 42.5 Å². The number of hydrogen-bond donors (Lipinski definition) is 1. The van der Waals surface area contributed by atoms with Gasteiger partial charge in [-0.25, -0.2) is 0 Å². The fraction of sp³-hybridized carbons (Fsp3) is 0.500. The van der Waals surface area contributed by atoms with Crippen molar-refractivity contribution in [3.63, 3.8) is 0 Å². The number of nitrogens with zero attached hydrogens (tertiary/aromatic N) is 4. The van der Waals surface area contributed by atoms with Crippen LogP contribution in [-0.4, -0.2) is 49.9 Å². The number of aliphatic hydroxyl groups is 1. The van der Waals surface area contributed by atoms with Crippen molar-refractivity contribution in [2.45, 2.75) is 38.6 Å². The molecule has 1 aliphatic heterocycles. The number of benzene rings is 1. The Bertz CT molecular complexity index is 671. The van der Waals surface area contributed by atoms with Crippen LogP contribution in [0.4, 0.5) is 0 Å². The number of amides is 1. The number of likely N-dealkylation sites (tertiary alicyclic amines) is 1. The SMILES string of the molecule is CC1CCC(CO)CN1C(=O)CCc1nncn1-c1ccccc1. The Kier molecular flexibility index (Phi) is 5.25. The molecule has 1 saturated heterocycles. The second kappa shape index (κ2) is 7.57. The van der Waals surface area contributed by atoms with Gasteiger partial charge in [0.2, 0.25) is 5.91 Å². The monoisotopic (exact) mass is 328 g/mol. The minimum Gasteiger partial charge on any atom is -0.396 e. The maximum Gasteiger partial charge on any atom is 0.223 e. The van der Waals surface area contributed by atoms with E-state index in [1.54, 1.807) is 6.33 Å². The van der Waals surface area contributed by atoms with E-state index >= 15 is 0 Å². The first-order chi connectivity index (χ1) is 11.7. The molecule has 2 atom stereocenters. The van der Waals surface area contributed by atoms with Crippen molar-refractivity contribution in [2.75, 3.05) is 13.2 Å². The van der Waals surface area contributed by atoms with Gasteiger partial charge in [-0.2, -0.15) is 0 Å². The van der Waals surface area contributed by atoms with Crippen LogP contribution in [0, 0.1) is 5.92 Å². The lowest BCUT2D eigenvalue weighted by atomic mass is 9.93. The van der Waals surface area contributed by atoms with E-state index in [0.29, 0.717) is 19.4 Å². The quantitative estimate of drug-likeness (QED) is 0.909. The summed E-state index contributed by atoms with van der Waals surface area (Å²) in [5.74, 6) is 1.12. The predicted octanol–water partition coefficient (Wildman–Crippen LogP) is 1.82. The molecule has 0 bridgehead atoms. The molecule has 2 aromatic rings. The molecule has 6 heteroatoms. The van der Waals surface area contributed by atoms with Crippen LogP contribution in [0.1, 0.15) is 32.0 Å². The van der Waals surface area contributed by atoms with Crippen molar-refractivity contribution in [2.24, 2.45) is 5.92 Å². The summed E-state index contributed by atoms with van der Waals surface area (Å²) in [6.07, 6.45) is 4.59. The van der Waals surface area contributed by atoms with Crippen LogP contribution < -0.4 is 0 Å². The Morgan fingerprint density at radius 3 is 2.83 bits per heavy atom. The maximum atomic E-state index is 12.6. The van der Waals surface area contributed by atoms with Gasteiger partial charge in [0.15, 0.2) is 0 Å². The third kappa shape index (κ3) is 3.64. The van der Waals surface area contributed by atoms with E-state index in [4.69, 9.17) is 0 Å². The highest BCUT2D eigenvalue weighted by Gasteiger charge is 2.28. The van der Waals surface area contributed by atoms with Gasteiger partial charge >= 0.3 is 0 Å². The highest BCUT2D eigenvalue weighted by molar-refractivity contribution is 5.76. The maximum absolute atomic E-state index is 12.6. The number of carbonyl (C=O) groups excluding carboxylic acids is 1. The Hall–Kier alpha value is -2.21. The molecule has 128 valence electrons. The average molecular weight is 328 g/mol. The van der Waals surface area contributed by atoms with E-state index in [2.05, 4.69) is 17.1 Å². The summed E-state index contributed by atoms with van der Waals surface area (Å²) < 4.78 is 1.92. The number of aryl methyl sites for hydroxylation is 1. The van der Waals surface area contributed by atoms with Gasteiger partial charge in [0.1, 0.15) is 12.2 Å². The Balaban J connectivity index is 1.64. The van der Waals surface area contributed by atoms with Crippen molar-refractivity contribution < 1.29 is 9.90 Å². The lowest BCUT2D eigenvalue weighted by Crippen LogP contribution is -2.46. The van der Waals surface area contributed by atoms with E-state index < -0.39 is 0 Å². The van der Waals surface area contributed by atoms with Crippen LogP contribution in [0.15, 0.2) is 36.7 Å². The first kappa shape index (κ1) is 16.6. The smallest absolute Gasteiger partial charge is 0.223 e. The molecule has 0 saturated carbocycles. The molecule has 1 N–H and O–H groups in total. The lowest BCUT2D eigenvalue weighted by molar-refractivity contribution is -0.135. The van der Waals surface area contributed by atoms with Crippen molar-refractivity contribution in [1.29, 1.82) is 0 Å². The number of aromatic nitrogens is 3. The fourth-order valence-corrected chi connectivity index (χ4v) is 3.27. The molecule has 1 amide bonds. The van der Waals surface area contributed by atoms with Crippen LogP contribution in [0.25, 0.3) is 5.69 Å². The molecular formula is C18H24N4O2. The van der Waals surface area contributed by atoms with Crippen LogP contribution in [0.3, 0.4) is 0 Å². The summed E-state index contributed by atoms with van der Waals surface area (Å²) >= 11 is 0. The number of carbonyl (C=O) groups is 1. The second-order valence-corrected chi connectivity index (χ2v) is 6.47. The molecule has 1 fully saturated rings. The Labute approximate surface area is 142 Å². The van der Waals surface area contributed by atoms with E-state index in [0.717, 1.165) is 24.4 Å². The number of aliphatic hydroxyl groups excluding tert-OH is 1. The molecule has 3 rings (SSSR count). The van der Waals surface area contributed by atoms with E-state index in [1.807, 2.05) is 39.8 Å². The molecule has 2 heterocycles. The number of rotatable bonds is 5. The fourth-order valence-electron chi connectivity index (χ4n) is 3.27. The Morgan fingerprint density at radius 2 is 2.08 bits per heavy atom. The van der Waals surface area contributed by atoms with Gasteiger partial charge < -0.3 is 10.0 Å². The molecule has 0 radical (unpaired) electrons. The van der Waals surface area contributed by atoms with Gasteiger partial charge in [-0.3, -0.25) is 9.36 Å². The molecule has 1 aromatic heterocycles. The largest absolute Gasteiger partial charge is 0.396 e. The molecule has 1 aromatic carbocycles. The van der Waals surface area contributed by atoms with E-state index in [9.17, 15) is 9.90 Å². The van der Waals surface area contributed by atoms with E-state index in [-0.39, 0.29) is 24.5 Å². The van der Waals surface area contributed by atoms with E-state index in [1.165, 1.54) is 0 Å². The molecule has 0 spiro atoms. The predicted molar refractivity (Wildman–Crippen MR) is 90.7 cm³/mol. The van der Waals surface area contributed by atoms with Gasteiger partial charge in [0, 0.05) is 37.7 Å². The average Bonchev–Trinajstić information content (AvgIpc) is 3.09. The zero-order valence-electron chi connectivity index (χ0n) is 14.0. The molecule has 1 aliphatic rings. The van der Waals surface area contributed by atoms with Crippen molar-refractivity contribution in [1.82, 2.24) is 19.7 Å². The summed E-state index contributed by atoms with van der Waals surface area (Å²) in [5.41, 5.74) is 0.997. The van der Waals surface area contributed by atoms with Gasteiger partial charge in [-0.05, 0) is 37.8 Å². The van der Waals surface area contributed by atoms with Crippen LogP contribution in [-0.2, 0) is 11.2 Å². The van der Waals surface area contributed by atoms with Gasteiger partial charge in [-0.15, -0.1) is 10.2 Å². The first-order valence-electron chi connectivity index (χ1n) is 8.53. The normalized spacial score (nSPS) is 21.0. The molecule has 2 unspecified atom stereocenters. The highest BCUT2D eigenvalue weighted by atomic mass is 16.3. The molecule has 6 nitrogen and oxygen atoms in total. The van der Waals surface area contributed by atoms with Crippen molar-refractivity contribution >= 4 is 5.91 Å². The molecule has 0 aliphatic carbocycles. The third-order valence-corrected chi connectivity index (χ3v) is 4.77. The zero-order valence-corrected chi connectivity index (χ0v) is 14.0.